The van der Waals surface area contributed by atoms with Gasteiger partial charge < -0.3 is 19.5 Å². The number of hydrogen-bond donors (Lipinski definition) is 1. The van der Waals surface area contributed by atoms with E-state index in [0.29, 0.717) is 26.4 Å². The molecule has 0 aromatic rings. The summed E-state index contributed by atoms with van der Waals surface area (Å²) < 4.78 is 16.4. The Labute approximate surface area is 129 Å². The van der Waals surface area contributed by atoms with E-state index in [2.05, 4.69) is 5.32 Å². The van der Waals surface area contributed by atoms with Gasteiger partial charge in [-0.15, -0.1) is 0 Å². The number of ether oxygens (including phenoxy) is 3. The van der Waals surface area contributed by atoms with Crippen LogP contribution in [0, 0.1) is 0 Å². The molecule has 21 heavy (non-hydrogen) atoms. The number of amides is 1. The van der Waals surface area contributed by atoms with Gasteiger partial charge in [-0.2, -0.15) is 0 Å². The highest BCUT2D eigenvalue weighted by Gasteiger charge is 2.13. The molecule has 0 unspecified atom stereocenters. The number of nitrogens with one attached hydrogen (secondary N) is 1. The van der Waals surface area contributed by atoms with Crippen molar-refractivity contribution in [1.29, 1.82) is 0 Å². The third-order valence-corrected chi connectivity index (χ3v) is 2.29. The first-order valence-electron chi connectivity index (χ1n) is 7.71. The second kappa shape index (κ2) is 10.1. The topological polar surface area (TPSA) is 56.8 Å². The molecule has 0 rings (SSSR count). The lowest BCUT2D eigenvalue weighted by molar-refractivity contribution is -0.127. The molecule has 5 nitrogen and oxygen atoms in total. The van der Waals surface area contributed by atoms with Crippen molar-refractivity contribution in [2.75, 3.05) is 33.0 Å². The molecule has 0 fully saturated rings. The lowest BCUT2D eigenvalue weighted by Crippen LogP contribution is -2.42. The summed E-state index contributed by atoms with van der Waals surface area (Å²) in [4.78, 5) is 11.5. The van der Waals surface area contributed by atoms with E-state index < -0.39 is 0 Å². The number of hydrogen-bond acceptors (Lipinski definition) is 4. The molecule has 0 aliphatic carbocycles. The van der Waals surface area contributed by atoms with Gasteiger partial charge in [-0.05, 0) is 54.4 Å². The van der Waals surface area contributed by atoms with Gasteiger partial charge in [0.25, 0.3) is 0 Å². The van der Waals surface area contributed by atoms with Crippen LogP contribution in [0.15, 0.2) is 0 Å². The van der Waals surface area contributed by atoms with E-state index >= 15 is 0 Å². The maximum atomic E-state index is 11.5. The van der Waals surface area contributed by atoms with E-state index in [1.165, 1.54) is 0 Å². The molecule has 1 amide bonds. The third kappa shape index (κ3) is 17.3. The van der Waals surface area contributed by atoms with Crippen LogP contribution in [-0.2, 0) is 19.0 Å². The minimum absolute atomic E-state index is 0.0808. The summed E-state index contributed by atoms with van der Waals surface area (Å²) in [5.74, 6) is -0.0808. The van der Waals surface area contributed by atoms with E-state index in [1.807, 2.05) is 41.5 Å². The summed E-state index contributed by atoms with van der Waals surface area (Å²) in [6.45, 7) is 14.7. The summed E-state index contributed by atoms with van der Waals surface area (Å²) in [6, 6.07) is 0. The normalized spacial score (nSPS) is 12.5. The van der Waals surface area contributed by atoms with Gasteiger partial charge in [0.05, 0.1) is 5.60 Å². The molecule has 0 radical (unpaired) electrons. The van der Waals surface area contributed by atoms with Crippen LogP contribution in [0.5, 0.6) is 0 Å². The lowest BCUT2D eigenvalue weighted by Gasteiger charge is -2.20. The zero-order chi connectivity index (χ0) is 16.4. The van der Waals surface area contributed by atoms with E-state index in [1.54, 1.807) is 0 Å². The maximum Gasteiger partial charge on any atom is 0.246 e. The molecule has 0 aromatic heterocycles. The van der Waals surface area contributed by atoms with Crippen molar-refractivity contribution in [1.82, 2.24) is 5.32 Å². The molecule has 0 spiro atoms. The Morgan fingerprint density at radius 1 is 0.857 bits per heavy atom. The molecular weight excluding hydrogens is 270 g/mol. The van der Waals surface area contributed by atoms with Crippen molar-refractivity contribution < 1.29 is 19.0 Å². The van der Waals surface area contributed by atoms with Gasteiger partial charge in [0.1, 0.15) is 6.61 Å². The molecule has 0 bridgehead atoms. The Morgan fingerprint density at radius 2 is 1.38 bits per heavy atom. The number of carbonyl (C=O) groups excluding carboxylic acids is 1. The van der Waals surface area contributed by atoms with Crippen LogP contribution in [0.2, 0.25) is 0 Å². The van der Waals surface area contributed by atoms with Crippen molar-refractivity contribution in [2.45, 2.75) is 65.5 Å². The van der Waals surface area contributed by atoms with Crippen molar-refractivity contribution in [2.24, 2.45) is 0 Å². The molecule has 0 saturated heterocycles. The molecular formula is C16H33NO4. The first-order chi connectivity index (χ1) is 9.60. The first kappa shape index (κ1) is 20.3. The van der Waals surface area contributed by atoms with Gasteiger partial charge in [0.2, 0.25) is 5.91 Å². The summed E-state index contributed by atoms with van der Waals surface area (Å²) in [5, 5.41) is 2.85. The molecule has 0 aliphatic heterocycles. The Bertz CT molecular complexity index is 279. The molecule has 0 aliphatic rings. The molecule has 5 heteroatoms. The summed E-state index contributed by atoms with van der Waals surface area (Å²) in [6.07, 6.45) is 1.69. The van der Waals surface area contributed by atoms with Gasteiger partial charge in [0.15, 0.2) is 0 Å². The maximum absolute atomic E-state index is 11.5. The Kier molecular flexibility index (Phi) is 9.83. The summed E-state index contributed by atoms with van der Waals surface area (Å²) in [5.41, 5.74) is -0.292. The van der Waals surface area contributed by atoms with E-state index in [-0.39, 0.29) is 23.7 Å². The van der Waals surface area contributed by atoms with Crippen molar-refractivity contribution >= 4 is 5.91 Å². The van der Waals surface area contributed by atoms with Crippen LogP contribution >= 0.6 is 0 Å². The predicted octanol–water partition coefficient (Wildman–Crippen LogP) is 2.53. The Morgan fingerprint density at radius 3 is 1.90 bits per heavy atom. The fourth-order valence-electron chi connectivity index (χ4n) is 1.52. The lowest BCUT2D eigenvalue weighted by atomic mass is 10.1. The number of rotatable bonds is 10. The van der Waals surface area contributed by atoms with Crippen molar-refractivity contribution in [3.63, 3.8) is 0 Å². The minimum Gasteiger partial charge on any atom is -0.381 e. The fraction of sp³-hybridized carbons (Fsp3) is 0.938. The highest BCUT2D eigenvalue weighted by molar-refractivity contribution is 5.77. The third-order valence-electron chi connectivity index (χ3n) is 2.29. The van der Waals surface area contributed by atoms with Crippen LogP contribution in [-0.4, -0.2) is 50.1 Å². The average Bonchev–Trinajstić information content (AvgIpc) is 2.27. The van der Waals surface area contributed by atoms with Crippen LogP contribution in [0.4, 0.5) is 0 Å². The van der Waals surface area contributed by atoms with Gasteiger partial charge in [-0.25, -0.2) is 0 Å². The predicted molar refractivity (Wildman–Crippen MR) is 84.5 cm³/mol. The smallest absolute Gasteiger partial charge is 0.246 e. The molecule has 1 N–H and O–H groups in total. The van der Waals surface area contributed by atoms with Gasteiger partial charge in [-0.3, -0.25) is 4.79 Å². The highest BCUT2D eigenvalue weighted by Crippen LogP contribution is 2.06. The standard InChI is InChI=1S/C16H33NO4/c1-15(2,3)17-14(18)13-20-11-7-9-19-10-8-12-21-16(4,5)6/h7-13H2,1-6H3,(H,17,18). The Hall–Kier alpha value is -0.650. The second-order valence-corrected chi connectivity index (χ2v) is 7.13. The Balaban J connectivity index is 3.28. The molecule has 0 atom stereocenters. The largest absolute Gasteiger partial charge is 0.381 e. The molecule has 0 heterocycles. The van der Waals surface area contributed by atoms with E-state index in [0.717, 1.165) is 12.8 Å². The second-order valence-electron chi connectivity index (χ2n) is 7.13. The summed E-state index contributed by atoms with van der Waals surface area (Å²) >= 11 is 0. The zero-order valence-corrected chi connectivity index (χ0v) is 14.6. The molecule has 0 saturated carbocycles. The summed E-state index contributed by atoms with van der Waals surface area (Å²) in [7, 11) is 0. The average molecular weight is 303 g/mol. The van der Waals surface area contributed by atoms with Crippen LogP contribution in [0.3, 0.4) is 0 Å². The van der Waals surface area contributed by atoms with Gasteiger partial charge in [-0.1, -0.05) is 0 Å². The minimum atomic E-state index is -0.210. The quantitative estimate of drug-likeness (QED) is 0.630. The van der Waals surface area contributed by atoms with Crippen molar-refractivity contribution in [3.8, 4) is 0 Å². The molecule has 126 valence electrons. The monoisotopic (exact) mass is 303 g/mol. The van der Waals surface area contributed by atoms with E-state index in [4.69, 9.17) is 14.2 Å². The number of carbonyl (C=O) groups is 1. The first-order valence-corrected chi connectivity index (χ1v) is 7.71. The van der Waals surface area contributed by atoms with E-state index in [9.17, 15) is 4.79 Å². The van der Waals surface area contributed by atoms with Crippen LogP contribution in [0.25, 0.3) is 0 Å². The molecule has 0 aromatic carbocycles. The van der Waals surface area contributed by atoms with Gasteiger partial charge in [0, 0.05) is 32.0 Å². The van der Waals surface area contributed by atoms with Crippen molar-refractivity contribution in [3.05, 3.63) is 0 Å². The van der Waals surface area contributed by atoms with Crippen LogP contribution in [0.1, 0.15) is 54.4 Å². The van der Waals surface area contributed by atoms with Gasteiger partial charge >= 0.3 is 0 Å². The zero-order valence-electron chi connectivity index (χ0n) is 14.6. The van der Waals surface area contributed by atoms with Crippen LogP contribution < -0.4 is 5.32 Å². The fourth-order valence-corrected chi connectivity index (χ4v) is 1.52. The highest BCUT2D eigenvalue weighted by atomic mass is 16.5. The SMILES string of the molecule is CC(C)(C)NC(=O)COCCCOCCCOC(C)(C)C.